The number of carbonyl (C=O) groups excluding carboxylic acids is 5. The second-order valence-electron chi connectivity index (χ2n) is 16.4. The van der Waals surface area contributed by atoms with E-state index in [0.717, 1.165) is 18.2 Å². The summed E-state index contributed by atoms with van der Waals surface area (Å²) in [7, 11) is 2.69. The van der Waals surface area contributed by atoms with Crippen LogP contribution in [0.2, 0.25) is 0 Å². The summed E-state index contributed by atoms with van der Waals surface area (Å²) in [6, 6.07) is 7.84. The van der Waals surface area contributed by atoms with Crippen molar-refractivity contribution in [2.24, 2.45) is 35.5 Å². The number of benzene rings is 1. The molecule has 56 heavy (non-hydrogen) atoms. The van der Waals surface area contributed by atoms with Crippen molar-refractivity contribution in [1.82, 2.24) is 19.8 Å². The van der Waals surface area contributed by atoms with Crippen LogP contribution >= 0.6 is 0 Å². The maximum absolute atomic E-state index is 14.2. The van der Waals surface area contributed by atoms with Crippen LogP contribution in [0, 0.1) is 35.5 Å². The van der Waals surface area contributed by atoms with Gasteiger partial charge in [0.25, 0.3) is 0 Å². The van der Waals surface area contributed by atoms with Gasteiger partial charge in [-0.2, -0.15) is 0 Å². The zero-order chi connectivity index (χ0) is 42.5. The second-order valence-corrected chi connectivity index (χ2v) is 18.2. The number of hydrogen-bond donors (Lipinski definition) is 2. The molecule has 1 aromatic rings. The van der Waals surface area contributed by atoms with E-state index in [4.69, 9.17) is 9.47 Å². The lowest BCUT2D eigenvalue weighted by molar-refractivity contribution is -0.149. The molecule has 1 heterocycles. The molecule has 13 nitrogen and oxygen atoms in total. The van der Waals surface area contributed by atoms with Gasteiger partial charge in [-0.15, -0.1) is 0 Å². The number of sulfonamides is 1. The average molecular weight is 807 g/mol. The first kappa shape index (κ1) is 48.9. The van der Waals surface area contributed by atoms with Gasteiger partial charge < -0.3 is 24.6 Å². The molecule has 2 rings (SSSR count). The Bertz CT molecular complexity index is 1550. The average Bonchev–Trinajstić information content (AvgIpc) is 3.62. The van der Waals surface area contributed by atoms with Crippen LogP contribution < -0.4 is 10.0 Å². The lowest BCUT2D eigenvalue weighted by Crippen LogP contribution is -2.54. The highest BCUT2D eigenvalue weighted by atomic mass is 32.2. The van der Waals surface area contributed by atoms with E-state index in [2.05, 4.69) is 5.32 Å². The molecule has 0 aliphatic carbocycles. The van der Waals surface area contributed by atoms with Crippen molar-refractivity contribution >= 4 is 39.3 Å². The maximum atomic E-state index is 14.2. The summed E-state index contributed by atoms with van der Waals surface area (Å²) in [4.78, 5) is 72.2. The van der Waals surface area contributed by atoms with Crippen molar-refractivity contribution in [3.05, 3.63) is 35.9 Å². The Morgan fingerprint density at radius 2 is 1.54 bits per heavy atom. The SMILES string of the molecule is CC[C@H](C)[C@@H]([C@@H](CC(=O)N1CCC[C@H]1[C@H](OC)[C@@H](C)C(=O)C[C@@H](Cc1ccccc1)C(=O)NS(C)(=O)=O)OC)N(C)C(=O)[C@@H](CC(=O)[C@@H](NC)C(C)C)C(C)C. The molecule has 14 heteroatoms. The van der Waals surface area contributed by atoms with E-state index in [1.54, 1.807) is 37.9 Å². The number of likely N-dealkylation sites (tertiary alicyclic amines) is 1. The van der Waals surface area contributed by atoms with Crippen LogP contribution in [0.5, 0.6) is 0 Å². The number of nitrogens with one attached hydrogen (secondary N) is 2. The third-order valence-electron chi connectivity index (χ3n) is 11.6. The number of ketones is 2. The summed E-state index contributed by atoms with van der Waals surface area (Å²) < 4.78 is 37.9. The Kier molecular flexibility index (Phi) is 19.8. The quantitative estimate of drug-likeness (QED) is 0.154. The molecule has 0 aromatic heterocycles. The predicted octanol–water partition coefficient (Wildman–Crippen LogP) is 4.28. The number of nitrogens with zero attached hydrogens (tertiary/aromatic N) is 2. The highest BCUT2D eigenvalue weighted by Crippen LogP contribution is 2.31. The molecule has 0 unspecified atom stereocenters. The van der Waals surface area contributed by atoms with Crippen LogP contribution in [0.3, 0.4) is 0 Å². The molecule has 1 fully saturated rings. The van der Waals surface area contributed by atoms with Crippen LogP contribution in [0.4, 0.5) is 0 Å². The second kappa shape index (κ2) is 22.7. The normalized spacial score (nSPS) is 19.1. The van der Waals surface area contributed by atoms with Gasteiger partial charge in [0.2, 0.25) is 27.7 Å². The predicted molar refractivity (Wildman–Crippen MR) is 218 cm³/mol. The van der Waals surface area contributed by atoms with Crippen molar-refractivity contribution in [3.63, 3.8) is 0 Å². The van der Waals surface area contributed by atoms with Crippen molar-refractivity contribution in [2.75, 3.05) is 41.1 Å². The van der Waals surface area contributed by atoms with Gasteiger partial charge >= 0.3 is 0 Å². The lowest BCUT2D eigenvalue weighted by Gasteiger charge is -2.41. The minimum Gasteiger partial charge on any atom is -0.379 e. The third-order valence-corrected chi connectivity index (χ3v) is 12.2. The van der Waals surface area contributed by atoms with E-state index in [-0.39, 0.29) is 72.9 Å². The molecule has 318 valence electrons. The van der Waals surface area contributed by atoms with Gasteiger partial charge in [-0.05, 0) is 49.6 Å². The van der Waals surface area contributed by atoms with Crippen LogP contribution in [0.1, 0.15) is 92.6 Å². The molecule has 9 atom stereocenters. The summed E-state index contributed by atoms with van der Waals surface area (Å²) in [5.74, 6) is -3.64. The molecule has 1 aliphatic heterocycles. The summed E-state index contributed by atoms with van der Waals surface area (Å²) in [6.07, 6.45) is 1.64. The lowest BCUT2D eigenvalue weighted by atomic mass is 9.84. The van der Waals surface area contributed by atoms with Gasteiger partial charge in [-0.1, -0.05) is 85.2 Å². The zero-order valence-corrected chi connectivity index (χ0v) is 36.7. The smallest absolute Gasteiger partial charge is 0.237 e. The molecule has 3 amide bonds. The first-order valence-corrected chi connectivity index (χ1v) is 22.0. The summed E-state index contributed by atoms with van der Waals surface area (Å²) >= 11 is 0. The fourth-order valence-electron chi connectivity index (χ4n) is 8.27. The number of Topliss-reactive ketones (excluding diaryl/α,β-unsaturated/α-hetero) is 2. The van der Waals surface area contributed by atoms with E-state index in [1.807, 2.05) is 76.6 Å². The molecular weight excluding hydrogens is 737 g/mol. The minimum absolute atomic E-state index is 0.00845. The van der Waals surface area contributed by atoms with E-state index >= 15 is 0 Å². The first-order valence-electron chi connectivity index (χ1n) is 20.1. The molecule has 0 saturated carbocycles. The highest BCUT2D eigenvalue weighted by molar-refractivity contribution is 7.89. The maximum Gasteiger partial charge on any atom is 0.237 e. The molecule has 1 saturated heterocycles. The highest BCUT2D eigenvalue weighted by Gasteiger charge is 2.43. The standard InChI is InChI=1S/C42H70N4O9S/c1-13-28(6)39(45(9)42(51)32(26(2)3)24-35(48)38(43-8)27(4)5)36(54-10)25-37(49)46-21-17-20-33(46)40(55-11)29(7)34(47)23-31(41(50)44-56(12,52)53)22-30-18-15-14-16-19-30/h14-16,18-19,26-29,31-33,36,38-40,43H,13,17,20-25H2,1-12H3,(H,44,50)/t28-,29-,31+,32-,33-,36+,38-,39-,40+/m0/s1. The summed E-state index contributed by atoms with van der Waals surface area (Å²) in [5.41, 5.74) is 0.787. The largest absolute Gasteiger partial charge is 0.379 e. The number of hydrogen-bond acceptors (Lipinski definition) is 10. The Labute approximate surface area is 336 Å². The van der Waals surface area contributed by atoms with Gasteiger partial charge in [0.15, 0.2) is 5.78 Å². The molecule has 2 N–H and O–H groups in total. The van der Waals surface area contributed by atoms with Gasteiger partial charge in [0, 0.05) is 58.4 Å². The Morgan fingerprint density at radius 3 is 2.04 bits per heavy atom. The number of methoxy groups -OCH3 is 2. The van der Waals surface area contributed by atoms with E-state index in [0.29, 0.717) is 19.4 Å². The Hall–Kier alpha value is -3.20. The zero-order valence-electron chi connectivity index (χ0n) is 35.9. The Balaban J connectivity index is 2.31. The number of carbonyl (C=O) groups is 5. The topological polar surface area (TPSA) is 168 Å². The molecule has 1 aliphatic rings. The number of likely N-dealkylation sites (N-methyl/N-ethyl adjacent to an activating group) is 2. The molecule has 0 radical (unpaired) electrons. The van der Waals surface area contributed by atoms with Gasteiger partial charge in [-0.25, -0.2) is 8.42 Å². The van der Waals surface area contributed by atoms with Crippen molar-refractivity contribution in [2.45, 2.75) is 124 Å². The third kappa shape index (κ3) is 13.7. The molecule has 0 bridgehead atoms. The van der Waals surface area contributed by atoms with Crippen LogP contribution in [0.25, 0.3) is 0 Å². The number of amides is 3. The fourth-order valence-corrected chi connectivity index (χ4v) is 8.80. The summed E-state index contributed by atoms with van der Waals surface area (Å²) in [5, 5.41) is 3.10. The monoisotopic (exact) mass is 806 g/mol. The van der Waals surface area contributed by atoms with E-state index in [9.17, 15) is 32.4 Å². The minimum atomic E-state index is -3.85. The number of rotatable bonds is 24. The van der Waals surface area contributed by atoms with Crippen molar-refractivity contribution < 1.29 is 41.9 Å². The van der Waals surface area contributed by atoms with Crippen molar-refractivity contribution in [3.8, 4) is 0 Å². The van der Waals surface area contributed by atoms with Crippen LogP contribution in [0.15, 0.2) is 30.3 Å². The van der Waals surface area contributed by atoms with E-state index in [1.165, 1.54) is 7.11 Å². The van der Waals surface area contributed by atoms with Crippen molar-refractivity contribution in [1.29, 1.82) is 0 Å². The summed E-state index contributed by atoms with van der Waals surface area (Å²) in [6.45, 7) is 14.1. The number of ether oxygens (including phenoxy) is 2. The van der Waals surface area contributed by atoms with Gasteiger partial charge in [0.05, 0.1) is 43.0 Å². The molecular formula is C42H70N4O9S. The van der Waals surface area contributed by atoms with E-state index < -0.39 is 58.0 Å². The van der Waals surface area contributed by atoms with Crippen LogP contribution in [-0.2, 0) is 49.9 Å². The molecule has 1 aromatic carbocycles. The van der Waals surface area contributed by atoms with Gasteiger partial charge in [0.1, 0.15) is 5.78 Å². The Morgan fingerprint density at radius 1 is 0.911 bits per heavy atom. The first-order chi connectivity index (χ1) is 26.2. The van der Waals surface area contributed by atoms with Crippen LogP contribution in [-0.4, -0.2) is 119 Å². The fraction of sp³-hybridized carbons (Fsp3) is 0.738. The molecule has 0 spiro atoms. The van der Waals surface area contributed by atoms with Gasteiger partial charge in [-0.3, -0.25) is 28.7 Å².